The Morgan fingerprint density at radius 2 is 0.779 bits per heavy atom. The molecule has 6 amide bonds. The highest BCUT2D eigenvalue weighted by Gasteiger charge is 2.47. The number of aryl methyl sites for hydroxylation is 1. The van der Waals surface area contributed by atoms with Crippen LogP contribution in [-0.4, -0.2) is 134 Å². The van der Waals surface area contributed by atoms with E-state index in [0.717, 1.165) is 76.0 Å². The van der Waals surface area contributed by atoms with E-state index in [4.69, 9.17) is 17.2 Å². The molecule has 1 saturated carbocycles. The van der Waals surface area contributed by atoms with Crippen LogP contribution in [0.5, 0.6) is 0 Å². The summed E-state index contributed by atoms with van der Waals surface area (Å²) in [5.41, 5.74) is 19.8. The zero-order valence-corrected chi connectivity index (χ0v) is 52.5. The van der Waals surface area contributed by atoms with Gasteiger partial charge in [-0.15, -0.1) is 0 Å². The monoisotopic (exact) mass is 1340 g/mol. The van der Waals surface area contributed by atoms with Gasteiger partial charge in [0, 0.05) is 91.1 Å². The second-order valence-electron chi connectivity index (χ2n) is 26.5. The molecule has 12 atom stereocenters. The van der Waals surface area contributed by atoms with Crippen molar-refractivity contribution in [2.24, 2.45) is 47.9 Å². The van der Waals surface area contributed by atoms with Gasteiger partial charge in [0.25, 0.3) is 11.8 Å². The Morgan fingerprint density at radius 3 is 1.09 bits per heavy atom. The molecule has 0 radical (unpaired) electrons. The molecule has 0 spiro atoms. The zero-order valence-electron chi connectivity index (χ0n) is 52.5. The van der Waals surface area contributed by atoms with E-state index in [2.05, 4.69) is 20.9 Å². The number of piperidine rings is 3. The van der Waals surface area contributed by atoms with Crippen molar-refractivity contribution in [1.82, 2.24) is 40.2 Å². The fourth-order valence-corrected chi connectivity index (χ4v) is 15.3. The maximum Gasteiger partial charge on any atom is 0.269 e. The number of nitrogens with zero attached hydrogens (tertiary/aromatic N) is 5. The van der Waals surface area contributed by atoms with Crippen LogP contribution < -0.4 is 33.2 Å². The number of amides is 6. The molecule has 27 heteroatoms. The lowest BCUT2D eigenvalue weighted by Crippen LogP contribution is -2.53. The molecule has 17 nitrogen and oxygen atoms in total. The second-order valence-corrected chi connectivity index (χ2v) is 26.5. The SMILES string of the molecule is Cn1cncc1C(=O)NCC(=O)N1[C@@H]2CC[C@H]1CC([C@H](N)Cc1cc(F)c(F)cc1F)C2.N[C@H](Cc1cc(F)c(F)cc1F)C1C[C@H]2CC[C@@H](C1)N2C(=O)CNC(=O)C1CCC1.N[C@H](Cc1cc(F)c(F)cc1F)C1C[C@H]2CC[C@@H](C1)N2C(=O)CNC(=O)c1ccc(F)cc1. The van der Waals surface area contributed by atoms with Crippen molar-refractivity contribution in [3.05, 3.63) is 159 Å². The van der Waals surface area contributed by atoms with E-state index in [9.17, 15) is 72.7 Å². The summed E-state index contributed by atoms with van der Waals surface area (Å²) in [6.45, 7) is -0.243. The number of hydrogen-bond acceptors (Lipinski definition) is 10. The molecule has 6 aliphatic heterocycles. The number of nitrogens with one attached hydrogen (secondary N) is 3. The highest BCUT2D eigenvalue weighted by Crippen LogP contribution is 2.43. The third-order valence-corrected chi connectivity index (χ3v) is 20.5. The molecular formula is C68H79F10N11O6. The minimum Gasteiger partial charge on any atom is -0.347 e. The van der Waals surface area contributed by atoms with Gasteiger partial charge in [-0.1, -0.05) is 6.42 Å². The van der Waals surface area contributed by atoms with Crippen LogP contribution in [0.25, 0.3) is 0 Å². The predicted molar refractivity (Wildman–Crippen MR) is 328 cm³/mol. The molecule has 4 aromatic carbocycles. The largest absolute Gasteiger partial charge is 0.347 e. The zero-order chi connectivity index (χ0) is 68.1. The van der Waals surface area contributed by atoms with Crippen LogP contribution in [0.4, 0.5) is 43.9 Å². The van der Waals surface area contributed by atoms with E-state index >= 15 is 0 Å². The van der Waals surface area contributed by atoms with Gasteiger partial charge >= 0.3 is 0 Å². The van der Waals surface area contributed by atoms with Gasteiger partial charge < -0.3 is 52.4 Å². The Hall–Kier alpha value is -7.91. The van der Waals surface area contributed by atoms with E-state index in [0.29, 0.717) is 62.4 Å². The quantitative estimate of drug-likeness (QED) is 0.0366. The van der Waals surface area contributed by atoms with Gasteiger partial charge in [-0.2, -0.15) is 0 Å². The maximum atomic E-state index is 14.0. The molecule has 512 valence electrons. The molecule has 7 heterocycles. The van der Waals surface area contributed by atoms with Gasteiger partial charge in [0.2, 0.25) is 23.6 Å². The summed E-state index contributed by atoms with van der Waals surface area (Å²) in [4.78, 5) is 84.3. The number of rotatable bonds is 18. The van der Waals surface area contributed by atoms with Crippen LogP contribution in [0.3, 0.4) is 0 Å². The lowest BCUT2D eigenvalue weighted by atomic mass is 9.82. The molecule has 6 bridgehead atoms. The minimum atomic E-state index is -1.23. The third kappa shape index (κ3) is 16.5. The number of halogens is 10. The number of imidazole rings is 1. The van der Waals surface area contributed by atoms with Crippen molar-refractivity contribution >= 4 is 35.4 Å². The molecule has 6 saturated heterocycles. The molecule has 1 aromatic heterocycles. The van der Waals surface area contributed by atoms with Gasteiger partial charge in [-0.25, -0.2) is 48.9 Å². The van der Waals surface area contributed by atoms with Gasteiger partial charge in [0.1, 0.15) is 29.0 Å². The standard InChI is InChI=1S/C24H25F4N3O2.C22H26F3N5O2.C22H28F3N3O2/c25-16-3-1-13(2-4-16)24(33)30-12-23(32)31-17-5-6-18(31)8-15(7-17)22(29)10-14-9-20(27)21(28)11-19(14)26;1-29-11-27-9-20(29)22(32)28-10-21(31)30-14-2-3-15(30)5-13(4-14)19(26)7-12-6-17(24)18(25)8-16(12)23;23-17-10-19(25)18(24)8-13(17)9-20(26)14-6-15-4-5-16(7-14)28(15)21(29)11-27-22(30)12-2-1-3-12/h1-4,9,11,15,17-18,22H,5-8,10,12,29H2,(H,30,33);6,8-9,11,13-15,19H,2-5,7,10,26H2,1H3,(H,28,32);8,10,12,14-16,20H,1-7,9,11,26H2,(H,27,30)/t15?,17-,18+,22-;13?,14-,15+,19-;14?,15-,16+,20-/m111/s1. The first-order valence-electron chi connectivity index (χ1n) is 32.5. The van der Waals surface area contributed by atoms with E-state index in [1.165, 1.54) is 36.8 Å². The average molecular weight is 1340 g/mol. The van der Waals surface area contributed by atoms with E-state index in [-0.39, 0.29) is 151 Å². The average Bonchev–Trinajstić information content (AvgIpc) is 1.70. The maximum absolute atomic E-state index is 14.0. The molecule has 7 aliphatic rings. The molecule has 3 unspecified atom stereocenters. The fraction of sp³-hybridized carbons (Fsp3) is 0.515. The number of hydrogen-bond donors (Lipinski definition) is 6. The number of nitrogens with two attached hydrogens (primary N) is 3. The number of carbonyl (C=O) groups excluding carboxylic acids is 6. The molecule has 5 aromatic rings. The van der Waals surface area contributed by atoms with Crippen molar-refractivity contribution < 1.29 is 72.7 Å². The first-order valence-corrected chi connectivity index (χ1v) is 32.5. The summed E-state index contributed by atoms with van der Waals surface area (Å²) in [6, 6.07) is 8.03. The third-order valence-electron chi connectivity index (χ3n) is 20.5. The number of fused-ring (bicyclic) bond motifs is 6. The minimum absolute atomic E-state index is 0.000654. The lowest BCUT2D eigenvalue weighted by molar-refractivity contribution is -0.138. The first-order chi connectivity index (χ1) is 45.3. The summed E-state index contributed by atoms with van der Waals surface area (Å²) < 4.78 is 137. The molecule has 12 rings (SSSR count). The second kappa shape index (κ2) is 30.4. The highest BCUT2D eigenvalue weighted by molar-refractivity contribution is 5.97. The Balaban J connectivity index is 0.000000155. The Kier molecular flexibility index (Phi) is 22.4. The summed E-state index contributed by atoms with van der Waals surface area (Å²) in [5, 5.41) is 8.00. The van der Waals surface area contributed by atoms with Crippen molar-refractivity contribution in [3.63, 3.8) is 0 Å². The van der Waals surface area contributed by atoms with Crippen molar-refractivity contribution in [3.8, 4) is 0 Å². The van der Waals surface area contributed by atoms with Gasteiger partial charge in [-0.3, -0.25) is 28.8 Å². The highest BCUT2D eigenvalue weighted by atomic mass is 19.2. The van der Waals surface area contributed by atoms with Gasteiger partial charge in [0.05, 0.1) is 32.2 Å². The number of benzene rings is 4. The van der Waals surface area contributed by atoms with Gasteiger partial charge in [0.15, 0.2) is 34.9 Å². The Morgan fingerprint density at radius 1 is 0.453 bits per heavy atom. The topological polar surface area (TPSA) is 244 Å². The van der Waals surface area contributed by atoms with Gasteiger partial charge in [-0.05, 0) is 186 Å². The van der Waals surface area contributed by atoms with Crippen LogP contribution in [0, 0.1) is 81.8 Å². The first kappa shape index (κ1) is 69.9. The molecule has 1 aliphatic carbocycles. The van der Waals surface area contributed by atoms with Crippen LogP contribution in [-0.2, 0) is 45.5 Å². The molecular weight excluding hydrogens is 1260 g/mol. The van der Waals surface area contributed by atoms with Crippen LogP contribution in [0.1, 0.15) is 134 Å². The predicted octanol–water partition coefficient (Wildman–Crippen LogP) is 7.88. The fourth-order valence-electron chi connectivity index (χ4n) is 15.3. The molecule has 7 fully saturated rings. The lowest BCUT2D eigenvalue weighted by Gasteiger charge is -2.41. The van der Waals surface area contributed by atoms with Crippen molar-refractivity contribution in [2.45, 2.75) is 170 Å². The van der Waals surface area contributed by atoms with E-state index in [1.54, 1.807) is 16.5 Å². The van der Waals surface area contributed by atoms with E-state index in [1.807, 2.05) is 9.80 Å². The Bertz CT molecular complexity index is 3600. The summed E-state index contributed by atoms with van der Waals surface area (Å²) >= 11 is 0. The number of carbonyl (C=O) groups is 6. The smallest absolute Gasteiger partial charge is 0.269 e. The molecule has 9 N–H and O–H groups in total. The summed E-state index contributed by atoms with van der Waals surface area (Å²) in [6.07, 6.45) is 15.1. The number of aromatic nitrogens is 2. The molecule has 95 heavy (non-hydrogen) atoms. The van der Waals surface area contributed by atoms with Crippen molar-refractivity contribution in [2.75, 3.05) is 19.6 Å². The normalized spacial score (nSPS) is 24.3. The van der Waals surface area contributed by atoms with E-state index < -0.39 is 82.2 Å². The van der Waals surface area contributed by atoms with Crippen LogP contribution in [0.15, 0.2) is 73.2 Å². The van der Waals surface area contributed by atoms with Crippen LogP contribution >= 0.6 is 0 Å². The summed E-state index contributed by atoms with van der Waals surface area (Å²) in [7, 11) is 1.70. The van der Waals surface area contributed by atoms with Crippen LogP contribution in [0.2, 0.25) is 0 Å². The Labute approximate surface area is 543 Å². The summed E-state index contributed by atoms with van der Waals surface area (Å²) in [5.74, 6) is -10.9. The van der Waals surface area contributed by atoms with Crippen molar-refractivity contribution in [1.29, 1.82) is 0 Å².